The second kappa shape index (κ2) is 4.36. The van der Waals surface area contributed by atoms with E-state index in [1.807, 2.05) is 0 Å². The van der Waals surface area contributed by atoms with Gasteiger partial charge in [-0.25, -0.2) is 0 Å². The van der Waals surface area contributed by atoms with Crippen LogP contribution in [0.1, 0.15) is 13.8 Å². The van der Waals surface area contributed by atoms with Crippen molar-refractivity contribution in [2.24, 2.45) is 5.92 Å². The fourth-order valence-corrected chi connectivity index (χ4v) is 1.61. The summed E-state index contributed by atoms with van der Waals surface area (Å²) in [5.74, 6) is 1.96. The number of thioether (sulfide) groups is 1. The van der Waals surface area contributed by atoms with Crippen molar-refractivity contribution in [2.45, 2.75) is 18.7 Å². The van der Waals surface area contributed by atoms with Gasteiger partial charge in [0.05, 0.1) is 6.20 Å². The Morgan fingerprint density at radius 3 is 2.83 bits per heavy atom. The molecular formula is C9H13NOS. The average Bonchev–Trinajstić information content (AvgIpc) is 2.01. The lowest BCUT2D eigenvalue weighted by atomic mass is 10.3. The van der Waals surface area contributed by atoms with Gasteiger partial charge in [-0.3, -0.25) is 4.98 Å². The molecule has 1 rings (SSSR count). The van der Waals surface area contributed by atoms with Crippen LogP contribution >= 0.6 is 11.8 Å². The summed E-state index contributed by atoms with van der Waals surface area (Å²) < 4.78 is 0. The van der Waals surface area contributed by atoms with Crippen molar-refractivity contribution in [3.05, 3.63) is 18.5 Å². The molecule has 1 aromatic rings. The maximum atomic E-state index is 9.10. The van der Waals surface area contributed by atoms with Crippen LogP contribution in [0, 0.1) is 5.92 Å². The normalized spacial score (nSPS) is 10.6. The van der Waals surface area contributed by atoms with Crippen molar-refractivity contribution >= 4 is 11.8 Å². The van der Waals surface area contributed by atoms with Crippen LogP contribution in [0.4, 0.5) is 0 Å². The highest BCUT2D eigenvalue weighted by atomic mass is 32.2. The smallest absolute Gasteiger partial charge is 0.134 e. The number of rotatable bonds is 3. The van der Waals surface area contributed by atoms with E-state index in [2.05, 4.69) is 18.8 Å². The SMILES string of the molecule is CC(C)CSc1cncc(O)c1. The van der Waals surface area contributed by atoms with E-state index in [-0.39, 0.29) is 5.75 Å². The van der Waals surface area contributed by atoms with Gasteiger partial charge >= 0.3 is 0 Å². The van der Waals surface area contributed by atoms with Crippen molar-refractivity contribution in [1.29, 1.82) is 0 Å². The highest BCUT2D eigenvalue weighted by Gasteiger charge is 1.98. The highest BCUT2D eigenvalue weighted by molar-refractivity contribution is 7.99. The van der Waals surface area contributed by atoms with Crippen LogP contribution in [0.2, 0.25) is 0 Å². The molecule has 2 nitrogen and oxygen atoms in total. The lowest BCUT2D eigenvalue weighted by Crippen LogP contribution is -1.89. The lowest BCUT2D eigenvalue weighted by Gasteiger charge is -2.03. The molecular weight excluding hydrogens is 170 g/mol. The molecule has 0 saturated carbocycles. The number of aromatic hydroxyl groups is 1. The molecule has 1 heterocycles. The van der Waals surface area contributed by atoms with Crippen LogP contribution in [0.3, 0.4) is 0 Å². The van der Waals surface area contributed by atoms with Crippen LogP contribution in [0.5, 0.6) is 5.75 Å². The van der Waals surface area contributed by atoms with Crippen molar-refractivity contribution < 1.29 is 5.11 Å². The third kappa shape index (κ3) is 3.13. The lowest BCUT2D eigenvalue weighted by molar-refractivity contribution is 0.471. The molecule has 1 aromatic heterocycles. The predicted octanol–water partition coefficient (Wildman–Crippen LogP) is 2.54. The van der Waals surface area contributed by atoms with E-state index in [9.17, 15) is 0 Å². The summed E-state index contributed by atoms with van der Waals surface area (Å²) in [6, 6.07) is 1.74. The van der Waals surface area contributed by atoms with E-state index in [1.54, 1.807) is 24.0 Å². The molecule has 0 amide bonds. The van der Waals surface area contributed by atoms with Gasteiger partial charge < -0.3 is 5.11 Å². The molecule has 0 spiro atoms. The average molecular weight is 183 g/mol. The molecule has 12 heavy (non-hydrogen) atoms. The van der Waals surface area contributed by atoms with Gasteiger partial charge in [-0.1, -0.05) is 13.8 Å². The Morgan fingerprint density at radius 1 is 1.50 bits per heavy atom. The predicted molar refractivity (Wildman–Crippen MR) is 51.5 cm³/mol. The number of hydrogen-bond donors (Lipinski definition) is 1. The molecule has 0 aliphatic rings. The molecule has 0 radical (unpaired) electrons. The van der Waals surface area contributed by atoms with E-state index in [4.69, 9.17) is 5.11 Å². The Kier molecular flexibility index (Phi) is 3.41. The summed E-state index contributed by atoms with van der Waals surface area (Å²) in [7, 11) is 0. The van der Waals surface area contributed by atoms with Gasteiger partial charge in [-0.15, -0.1) is 11.8 Å². The van der Waals surface area contributed by atoms with Gasteiger partial charge in [-0.05, 0) is 12.0 Å². The largest absolute Gasteiger partial charge is 0.506 e. The highest BCUT2D eigenvalue weighted by Crippen LogP contribution is 2.22. The standard InChI is InChI=1S/C9H13NOS/c1-7(2)6-12-9-3-8(11)4-10-5-9/h3-5,7,11H,6H2,1-2H3. The van der Waals surface area contributed by atoms with E-state index in [1.165, 1.54) is 6.20 Å². The molecule has 0 aromatic carbocycles. The first-order chi connectivity index (χ1) is 5.68. The molecule has 0 aliphatic carbocycles. The van der Waals surface area contributed by atoms with Crippen LogP contribution in [0.15, 0.2) is 23.4 Å². The molecule has 1 N–H and O–H groups in total. The summed E-state index contributed by atoms with van der Waals surface area (Å²) in [5.41, 5.74) is 0. The van der Waals surface area contributed by atoms with Crippen LogP contribution in [0.25, 0.3) is 0 Å². The topological polar surface area (TPSA) is 33.1 Å². The van der Waals surface area contributed by atoms with Gasteiger partial charge in [0.15, 0.2) is 0 Å². The van der Waals surface area contributed by atoms with Gasteiger partial charge in [0.2, 0.25) is 0 Å². The molecule has 0 aliphatic heterocycles. The first-order valence-corrected chi connectivity index (χ1v) is 4.94. The maximum Gasteiger partial charge on any atom is 0.134 e. The van der Waals surface area contributed by atoms with E-state index in [0.717, 1.165) is 10.6 Å². The minimum absolute atomic E-state index is 0.240. The molecule has 0 atom stereocenters. The summed E-state index contributed by atoms with van der Waals surface area (Å²) >= 11 is 1.72. The zero-order valence-corrected chi connectivity index (χ0v) is 8.14. The van der Waals surface area contributed by atoms with Gasteiger partial charge in [0, 0.05) is 16.8 Å². The second-order valence-electron chi connectivity index (χ2n) is 3.08. The first kappa shape index (κ1) is 9.39. The van der Waals surface area contributed by atoms with Crippen LogP contribution < -0.4 is 0 Å². The Labute approximate surface area is 77.0 Å². The van der Waals surface area contributed by atoms with Crippen molar-refractivity contribution in [3.8, 4) is 5.75 Å². The quantitative estimate of drug-likeness (QED) is 0.731. The summed E-state index contributed by atoms with van der Waals surface area (Å²) in [4.78, 5) is 4.92. The number of aromatic nitrogens is 1. The second-order valence-corrected chi connectivity index (χ2v) is 4.18. The molecule has 0 fully saturated rings. The summed E-state index contributed by atoms with van der Waals surface area (Å²) in [6.07, 6.45) is 3.21. The van der Waals surface area contributed by atoms with Crippen molar-refractivity contribution in [3.63, 3.8) is 0 Å². The van der Waals surface area contributed by atoms with E-state index < -0.39 is 0 Å². The number of hydrogen-bond acceptors (Lipinski definition) is 3. The van der Waals surface area contributed by atoms with Gasteiger partial charge in [-0.2, -0.15) is 0 Å². The van der Waals surface area contributed by atoms with E-state index in [0.29, 0.717) is 5.92 Å². The third-order valence-electron chi connectivity index (χ3n) is 1.28. The first-order valence-electron chi connectivity index (χ1n) is 3.95. The van der Waals surface area contributed by atoms with Gasteiger partial charge in [0.1, 0.15) is 5.75 Å². The molecule has 0 saturated heterocycles. The fourth-order valence-electron chi connectivity index (χ4n) is 0.749. The maximum absolute atomic E-state index is 9.10. The van der Waals surface area contributed by atoms with Crippen molar-refractivity contribution in [1.82, 2.24) is 4.98 Å². The zero-order chi connectivity index (χ0) is 8.97. The number of nitrogens with zero attached hydrogens (tertiary/aromatic N) is 1. The molecule has 66 valence electrons. The summed E-state index contributed by atoms with van der Waals surface area (Å²) in [6.45, 7) is 4.34. The van der Waals surface area contributed by atoms with Crippen molar-refractivity contribution in [2.75, 3.05) is 5.75 Å². The third-order valence-corrected chi connectivity index (χ3v) is 2.67. The van der Waals surface area contributed by atoms with Gasteiger partial charge in [0.25, 0.3) is 0 Å². The van der Waals surface area contributed by atoms with Crippen LogP contribution in [-0.2, 0) is 0 Å². The summed E-state index contributed by atoms with van der Waals surface area (Å²) in [5, 5.41) is 9.10. The Balaban J connectivity index is 2.52. The van der Waals surface area contributed by atoms with Crippen LogP contribution in [-0.4, -0.2) is 15.8 Å². The monoisotopic (exact) mass is 183 g/mol. The number of pyridine rings is 1. The molecule has 3 heteroatoms. The Bertz CT molecular complexity index is 250. The van der Waals surface area contributed by atoms with E-state index >= 15 is 0 Å². The fraction of sp³-hybridized carbons (Fsp3) is 0.444. The Hall–Kier alpha value is -0.700. The molecule has 0 unspecified atom stereocenters. The minimum Gasteiger partial charge on any atom is -0.506 e. The Morgan fingerprint density at radius 2 is 2.25 bits per heavy atom. The minimum atomic E-state index is 0.240. The zero-order valence-electron chi connectivity index (χ0n) is 7.32. The molecule has 0 bridgehead atoms.